The van der Waals surface area contributed by atoms with Gasteiger partial charge in [0.05, 0.1) is 10.6 Å². The molecule has 0 radical (unpaired) electrons. The van der Waals surface area contributed by atoms with Crippen LogP contribution in [-0.4, -0.2) is 28.2 Å². The van der Waals surface area contributed by atoms with Crippen LogP contribution in [0.1, 0.15) is 11.4 Å². The summed E-state index contributed by atoms with van der Waals surface area (Å²) in [6, 6.07) is 17.6. The lowest BCUT2D eigenvalue weighted by Gasteiger charge is -2.09. The van der Waals surface area contributed by atoms with E-state index in [4.69, 9.17) is 0 Å². The van der Waals surface area contributed by atoms with E-state index in [0.717, 1.165) is 16.8 Å². The molecule has 0 spiro atoms. The van der Waals surface area contributed by atoms with E-state index in [9.17, 15) is 8.42 Å². The highest BCUT2D eigenvalue weighted by Crippen LogP contribution is 2.22. The lowest BCUT2D eigenvalue weighted by molar-refractivity contribution is 0.601. The number of nitrogens with zero attached hydrogens (tertiary/aromatic N) is 4. The van der Waals surface area contributed by atoms with E-state index in [1.165, 1.54) is 0 Å². The van der Waals surface area contributed by atoms with Gasteiger partial charge in [-0.2, -0.15) is 9.61 Å². The van der Waals surface area contributed by atoms with Crippen molar-refractivity contribution in [3.8, 4) is 11.3 Å². The SMILES string of the molecule is Cc1cccc(S(=O)(=O)Nc2ccc(-c3ccc4nnc(C)n4n3)cc2)c1. The van der Waals surface area contributed by atoms with Crippen molar-refractivity contribution in [3.05, 3.63) is 72.1 Å². The van der Waals surface area contributed by atoms with Crippen LogP contribution in [-0.2, 0) is 10.0 Å². The summed E-state index contributed by atoms with van der Waals surface area (Å²) in [5.41, 5.74) is 3.67. The van der Waals surface area contributed by atoms with Crippen LogP contribution in [0.2, 0.25) is 0 Å². The molecule has 0 unspecified atom stereocenters. The van der Waals surface area contributed by atoms with Crippen molar-refractivity contribution < 1.29 is 8.42 Å². The largest absolute Gasteiger partial charge is 0.280 e. The minimum absolute atomic E-state index is 0.238. The maximum atomic E-state index is 12.5. The second-order valence-corrected chi connectivity index (χ2v) is 7.92. The first-order valence-electron chi connectivity index (χ1n) is 8.31. The summed E-state index contributed by atoms with van der Waals surface area (Å²) in [7, 11) is -3.63. The van der Waals surface area contributed by atoms with E-state index in [1.807, 2.05) is 44.2 Å². The van der Waals surface area contributed by atoms with Crippen LogP contribution in [0.5, 0.6) is 0 Å². The van der Waals surface area contributed by atoms with Crippen LogP contribution in [0, 0.1) is 13.8 Å². The maximum absolute atomic E-state index is 12.5. The highest BCUT2D eigenvalue weighted by molar-refractivity contribution is 7.92. The first kappa shape index (κ1) is 17.2. The lowest BCUT2D eigenvalue weighted by Crippen LogP contribution is -2.12. The molecule has 8 heteroatoms. The third-order valence-electron chi connectivity index (χ3n) is 4.15. The van der Waals surface area contributed by atoms with Crippen LogP contribution in [0.25, 0.3) is 16.9 Å². The number of rotatable bonds is 4. The fourth-order valence-electron chi connectivity index (χ4n) is 2.76. The summed E-state index contributed by atoms with van der Waals surface area (Å²) >= 11 is 0. The molecule has 0 saturated heterocycles. The van der Waals surface area contributed by atoms with Gasteiger partial charge in [0.15, 0.2) is 11.5 Å². The fraction of sp³-hybridized carbons (Fsp3) is 0.105. The van der Waals surface area contributed by atoms with Gasteiger partial charge in [-0.15, -0.1) is 10.2 Å². The molecule has 0 fully saturated rings. The minimum atomic E-state index is -3.63. The number of hydrogen-bond donors (Lipinski definition) is 1. The molecule has 0 atom stereocenters. The molecule has 0 aliphatic heterocycles. The molecule has 4 rings (SSSR count). The van der Waals surface area contributed by atoms with Crippen molar-refractivity contribution in [2.75, 3.05) is 4.72 Å². The Balaban J connectivity index is 1.60. The summed E-state index contributed by atoms with van der Waals surface area (Å²) in [4.78, 5) is 0.238. The highest BCUT2D eigenvalue weighted by Gasteiger charge is 2.14. The summed E-state index contributed by atoms with van der Waals surface area (Å²) in [6.07, 6.45) is 0. The molecule has 2 aromatic carbocycles. The number of hydrogen-bond acceptors (Lipinski definition) is 5. The van der Waals surface area contributed by atoms with Gasteiger partial charge < -0.3 is 0 Å². The molecule has 7 nitrogen and oxygen atoms in total. The number of anilines is 1. The molecule has 0 aliphatic rings. The number of sulfonamides is 1. The Morgan fingerprint density at radius 1 is 0.926 bits per heavy atom. The number of aryl methyl sites for hydroxylation is 2. The summed E-state index contributed by atoms with van der Waals surface area (Å²) in [5, 5.41) is 12.5. The predicted molar refractivity (Wildman–Crippen MR) is 103 cm³/mol. The van der Waals surface area contributed by atoms with E-state index in [0.29, 0.717) is 17.2 Å². The minimum Gasteiger partial charge on any atom is -0.280 e. The normalized spacial score (nSPS) is 11.6. The van der Waals surface area contributed by atoms with Gasteiger partial charge in [-0.3, -0.25) is 4.72 Å². The van der Waals surface area contributed by atoms with Gasteiger partial charge in [0.2, 0.25) is 0 Å². The van der Waals surface area contributed by atoms with E-state index in [1.54, 1.807) is 34.8 Å². The van der Waals surface area contributed by atoms with Gasteiger partial charge >= 0.3 is 0 Å². The average molecular weight is 379 g/mol. The molecule has 0 amide bonds. The number of fused-ring (bicyclic) bond motifs is 1. The molecule has 0 saturated carbocycles. The van der Waals surface area contributed by atoms with Crippen LogP contribution in [0.15, 0.2) is 65.6 Å². The van der Waals surface area contributed by atoms with Gasteiger partial charge in [0.1, 0.15) is 0 Å². The Hall–Kier alpha value is -3.26. The Morgan fingerprint density at radius 3 is 2.44 bits per heavy atom. The van der Waals surface area contributed by atoms with E-state index in [2.05, 4.69) is 20.0 Å². The molecule has 136 valence electrons. The third kappa shape index (κ3) is 3.39. The predicted octanol–water partition coefficient (Wildman–Crippen LogP) is 3.21. The maximum Gasteiger partial charge on any atom is 0.261 e. The fourth-order valence-corrected chi connectivity index (χ4v) is 3.92. The topological polar surface area (TPSA) is 89.2 Å². The summed E-state index contributed by atoms with van der Waals surface area (Å²) < 4.78 is 29.3. The second kappa shape index (κ2) is 6.48. The number of aromatic nitrogens is 4. The monoisotopic (exact) mass is 379 g/mol. The molecule has 4 aromatic rings. The zero-order chi connectivity index (χ0) is 19.0. The lowest BCUT2D eigenvalue weighted by atomic mass is 10.1. The van der Waals surface area contributed by atoms with Crippen molar-refractivity contribution in [3.63, 3.8) is 0 Å². The highest BCUT2D eigenvalue weighted by atomic mass is 32.2. The molecular formula is C19H17N5O2S. The molecule has 2 aromatic heterocycles. The van der Waals surface area contributed by atoms with E-state index >= 15 is 0 Å². The van der Waals surface area contributed by atoms with Crippen molar-refractivity contribution in [1.82, 2.24) is 19.8 Å². The first-order chi connectivity index (χ1) is 12.9. The van der Waals surface area contributed by atoms with Gasteiger partial charge in [0, 0.05) is 11.3 Å². The summed E-state index contributed by atoms with van der Waals surface area (Å²) in [5.74, 6) is 0.703. The van der Waals surface area contributed by atoms with Crippen molar-refractivity contribution in [2.24, 2.45) is 0 Å². The van der Waals surface area contributed by atoms with Gasteiger partial charge in [-0.25, -0.2) is 8.42 Å². The van der Waals surface area contributed by atoms with Crippen molar-refractivity contribution in [1.29, 1.82) is 0 Å². The van der Waals surface area contributed by atoms with Gasteiger partial charge in [-0.1, -0.05) is 24.3 Å². The van der Waals surface area contributed by atoms with Crippen LogP contribution >= 0.6 is 0 Å². The molecular weight excluding hydrogens is 362 g/mol. The Morgan fingerprint density at radius 2 is 1.70 bits per heavy atom. The van der Waals surface area contributed by atoms with Gasteiger partial charge in [-0.05, 0) is 55.8 Å². The Bertz CT molecular complexity index is 1230. The van der Waals surface area contributed by atoms with E-state index < -0.39 is 10.0 Å². The van der Waals surface area contributed by atoms with Gasteiger partial charge in [0.25, 0.3) is 10.0 Å². The van der Waals surface area contributed by atoms with Crippen molar-refractivity contribution in [2.45, 2.75) is 18.7 Å². The summed E-state index contributed by atoms with van der Waals surface area (Å²) in [6.45, 7) is 3.69. The number of nitrogens with one attached hydrogen (secondary N) is 1. The molecule has 1 N–H and O–H groups in total. The molecule has 27 heavy (non-hydrogen) atoms. The first-order valence-corrected chi connectivity index (χ1v) is 9.80. The Kier molecular flexibility index (Phi) is 4.12. The van der Waals surface area contributed by atoms with Crippen LogP contribution in [0.3, 0.4) is 0 Å². The Labute approximate surface area is 156 Å². The second-order valence-electron chi connectivity index (χ2n) is 6.24. The average Bonchev–Trinajstić information content (AvgIpc) is 3.03. The number of benzene rings is 2. The quantitative estimate of drug-likeness (QED) is 0.588. The zero-order valence-corrected chi connectivity index (χ0v) is 15.6. The molecule has 0 bridgehead atoms. The standard InChI is InChI=1S/C19H17N5O2S/c1-13-4-3-5-17(12-13)27(25,26)23-16-8-6-15(7-9-16)18-10-11-19-21-20-14(2)24(19)22-18/h3-12,23H,1-2H3. The molecule has 2 heterocycles. The third-order valence-corrected chi connectivity index (χ3v) is 5.53. The van der Waals surface area contributed by atoms with E-state index in [-0.39, 0.29) is 4.90 Å². The van der Waals surface area contributed by atoms with Crippen LogP contribution in [0.4, 0.5) is 5.69 Å². The smallest absolute Gasteiger partial charge is 0.261 e. The zero-order valence-electron chi connectivity index (χ0n) is 14.8. The van der Waals surface area contributed by atoms with Crippen LogP contribution < -0.4 is 4.72 Å². The molecule has 0 aliphatic carbocycles. The van der Waals surface area contributed by atoms with Crippen molar-refractivity contribution >= 4 is 21.4 Å².